The molecule has 2 saturated heterocycles. The largest absolute Gasteiger partial charge is 0.497 e. The minimum absolute atomic E-state index is 0.136. The molecule has 0 aliphatic carbocycles. The predicted molar refractivity (Wildman–Crippen MR) is 104 cm³/mol. The fraction of sp³-hybridized carbons (Fsp3) is 0.667. The fourth-order valence-corrected chi connectivity index (χ4v) is 4.58. The van der Waals surface area contributed by atoms with Crippen LogP contribution in [-0.2, 0) is 11.3 Å². The Morgan fingerprint density at radius 2 is 2.07 bits per heavy atom. The Morgan fingerprint density at radius 3 is 2.85 bits per heavy atom. The first kappa shape index (κ1) is 20.1. The lowest BCUT2D eigenvalue weighted by Gasteiger charge is -2.40. The molecular formula is C21H32FN3O2. The van der Waals surface area contributed by atoms with Crippen molar-refractivity contribution in [2.24, 2.45) is 5.41 Å². The summed E-state index contributed by atoms with van der Waals surface area (Å²) in [5.41, 5.74) is 0.993. The SMILES string of the molecule is CCNC(=O)CCN1CCC2(CCCN(Cc3cc(OC)ccc3F)C2)C1. The number of likely N-dealkylation sites (tertiary alicyclic amines) is 2. The predicted octanol–water partition coefficient (Wildman–Crippen LogP) is 2.65. The highest BCUT2D eigenvalue weighted by Crippen LogP contribution is 2.39. The number of carbonyl (C=O) groups is 1. The number of nitrogens with zero attached hydrogens (tertiary/aromatic N) is 2. The fourth-order valence-electron chi connectivity index (χ4n) is 4.58. The van der Waals surface area contributed by atoms with Crippen LogP contribution in [0, 0.1) is 11.2 Å². The summed E-state index contributed by atoms with van der Waals surface area (Å²) in [6, 6.07) is 4.97. The van der Waals surface area contributed by atoms with Gasteiger partial charge in [0.2, 0.25) is 5.91 Å². The van der Waals surface area contributed by atoms with Crippen LogP contribution in [0.25, 0.3) is 0 Å². The summed E-state index contributed by atoms with van der Waals surface area (Å²) in [5, 5.41) is 2.87. The highest BCUT2D eigenvalue weighted by molar-refractivity contribution is 5.75. The van der Waals surface area contributed by atoms with Crippen LogP contribution in [0.1, 0.15) is 38.2 Å². The molecule has 150 valence electrons. The van der Waals surface area contributed by atoms with E-state index >= 15 is 0 Å². The summed E-state index contributed by atoms with van der Waals surface area (Å²) >= 11 is 0. The minimum atomic E-state index is -0.162. The number of methoxy groups -OCH3 is 1. The topological polar surface area (TPSA) is 44.8 Å². The maximum atomic E-state index is 14.2. The van der Waals surface area contributed by atoms with E-state index in [1.807, 2.05) is 13.0 Å². The molecular weight excluding hydrogens is 345 g/mol. The molecule has 0 aromatic heterocycles. The quantitative estimate of drug-likeness (QED) is 0.794. The Morgan fingerprint density at radius 1 is 1.26 bits per heavy atom. The van der Waals surface area contributed by atoms with E-state index in [1.165, 1.54) is 18.9 Å². The number of ether oxygens (including phenoxy) is 1. The van der Waals surface area contributed by atoms with Gasteiger partial charge in [0.05, 0.1) is 7.11 Å². The van der Waals surface area contributed by atoms with Gasteiger partial charge in [-0.05, 0) is 62.9 Å². The first-order valence-electron chi connectivity index (χ1n) is 10.1. The van der Waals surface area contributed by atoms with Gasteiger partial charge in [-0.15, -0.1) is 0 Å². The molecule has 1 aromatic rings. The lowest BCUT2D eigenvalue weighted by molar-refractivity contribution is -0.121. The summed E-state index contributed by atoms with van der Waals surface area (Å²) in [6.45, 7) is 8.22. The second-order valence-electron chi connectivity index (χ2n) is 8.00. The molecule has 6 heteroatoms. The minimum Gasteiger partial charge on any atom is -0.497 e. The Hall–Kier alpha value is -1.66. The number of piperidine rings is 1. The number of rotatable bonds is 7. The highest BCUT2D eigenvalue weighted by atomic mass is 19.1. The summed E-state index contributed by atoms with van der Waals surface area (Å²) < 4.78 is 19.4. The van der Waals surface area contributed by atoms with Crippen LogP contribution in [0.2, 0.25) is 0 Å². The molecule has 2 heterocycles. The summed E-state index contributed by atoms with van der Waals surface area (Å²) in [7, 11) is 1.61. The molecule has 1 spiro atoms. The van der Waals surface area contributed by atoms with Gasteiger partial charge in [-0.25, -0.2) is 4.39 Å². The standard InChI is InChI=1S/C21H32FN3O2/c1-3-23-20(26)7-11-24-12-9-21(15-24)8-4-10-25(16-21)14-17-13-18(27-2)5-6-19(17)22/h5-6,13H,3-4,7-12,14-16H2,1-2H3,(H,23,26). The first-order valence-corrected chi connectivity index (χ1v) is 10.1. The Kier molecular flexibility index (Phi) is 6.71. The third kappa shape index (κ3) is 5.20. The van der Waals surface area contributed by atoms with Crippen molar-refractivity contribution in [1.82, 2.24) is 15.1 Å². The van der Waals surface area contributed by atoms with E-state index < -0.39 is 0 Å². The van der Waals surface area contributed by atoms with E-state index in [0.717, 1.165) is 39.1 Å². The van der Waals surface area contributed by atoms with Crippen LogP contribution < -0.4 is 10.1 Å². The molecule has 27 heavy (non-hydrogen) atoms. The molecule has 3 rings (SSSR count). The molecule has 0 radical (unpaired) electrons. The van der Waals surface area contributed by atoms with Gasteiger partial charge in [-0.2, -0.15) is 0 Å². The smallest absolute Gasteiger partial charge is 0.221 e. The first-order chi connectivity index (χ1) is 13.0. The van der Waals surface area contributed by atoms with Crippen LogP contribution >= 0.6 is 0 Å². The monoisotopic (exact) mass is 377 g/mol. The number of hydrogen-bond acceptors (Lipinski definition) is 4. The van der Waals surface area contributed by atoms with Crippen molar-refractivity contribution >= 4 is 5.91 Å². The van der Waals surface area contributed by atoms with Crippen LogP contribution in [-0.4, -0.2) is 62.1 Å². The third-order valence-electron chi connectivity index (χ3n) is 5.93. The van der Waals surface area contributed by atoms with E-state index in [9.17, 15) is 9.18 Å². The number of carbonyl (C=O) groups excluding carboxylic acids is 1. The van der Waals surface area contributed by atoms with E-state index in [1.54, 1.807) is 13.2 Å². The molecule has 2 fully saturated rings. The van der Waals surface area contributed by atoms with E-state index in [0.29, 0.717) is 30.8 Å². The number of hydrogen-bond donors (Lipinski definition) is 1. The van der Waals surface area contributed by atoms with Gasteiger partial charge in [-0.3, -0.25) is 9.69 Å². The molecule has 1 N–H and O–H groups in total. The van der Waals surface area contributed by atoms with Gasteiger partial charge in [0, 0.05) is 44.7 Å². The zero-order valence-electron chi connectivity index (χ0n) is 16.6. The van der Waals surface area contributed by atoms with Crippen LogP contribution in [0.5, 0.6) is 5.75 Å². The van der Waals surface area contributed by atoms with Crippen molar-refractivity contribution in [3.05, 3.63) is 29.6 Å². The van der Waals surface area contributed by atoms with Crippen LogP contribution in [0.3, 0.4) is 0 Å². The normalized spacial score (nSPS) is 23.7. The second-order valence-corrected chi connectivity index (χ2v) is 8.00. The van der Waals surface area contributed by atoms with Gasteiger partial charge >= 0.3 is 0 Å². The number of amides is 1. The van der Waals surface area contributed by atoms with E-state index in [4.69, 9.17) is 4.74 Å². The molecule has 2 aliphatic rings. The molecule has 0 bridgehead atoms. The average Bonchev–Trinajstić information content (AvgIpc) is 3.04. The second kappa shape index (κ2) is 9.02. The van der Waals surface area contributed by atoms with E-state index in [2.05, 4.69) is 15.1 Å². The van der Waals surface area contributed by atoms with Gasteiger partial charge in [0.25, 0.3) is 0 Å². The van der Waals surface area contributed by atoms with Crippen LogP contribution in [0.4, 0.5) is 4.39 Å². The van der Waals surface area contributed by atoms with Crippen molar-refractivity contribution in [3.63, 3.8) is 0 Å². The van der Waals surface area contributed by atoms with Gasteiger partial charge < -0.3 is 15.0 Å². The molecule has 2 aliphatic heterocycles. The van der Waals surface area contributed by atoms with Crippen molar-refractivity contribution in [1.29, 1.82) is 0 Å². The summed E-state index contributed by atoms with van der Waals surface area (Å²) in [6.07, 6.45) is 4.11. The van der Waals surface area contributed by atoms with Crippen LogP contribution in [0.15, 0.2) is 18.2 Å². The molecule has 1 aromatic carbocycles. The van der Waals surface area contributed by atoms with Crippen molar-refractivity contribution in [3.8, 4) is 5.75 Å². The van der Waals surface area contributed by atoms with Gasteiger partial charge in [0.1, 0.15) is 11.6 Å². The van der Waals surface area contributed by atoms with Gasteiger partial charge in [-0.1, -0.05) is 0 Å². The number of halogens is 1. The molecule has 1 unspecified atom stereocenters. The lowest BCUT2D eigenvalue weighted by atomic mass is 9.79. The summed E-state index contributed by atoms with van der Waals surface area (Å²) in [4.78, 5) is 16.5. The maximum Gasteiger partial charge on any atom is 0.221 e. The van der Waals surface area contributed by atoms with Crippen molar-refractivity contribution in [2.75, 3.05) is 46.4 Å². The Labute approximate surface area is 161 Å². The summed E-state index contributed by atoms with van der Waals surface area (Å²) in [5.74, 6) is 0.679. The van der Waals surface area contributed by atoms with Crippen molar-refractivity contribution in [2.45, 2.75) is 39.2 Å². The number of nitrogens with one attached hydrogen (secondary N) is 1. The Bertz CT molecular complexity index is 654. The Balaban J connectivity index is 1.56. The zero-order valence-corrected chi connectivity index (χ0v) is 16.6. The maximum absolute atomic E-state index is 14.2. The molecule has 1 atom stereocenters. The average molecular weight is 378 g/mol. The van der Waals surface area contributed by atoms with E-state index in [-0.39, 0.29) is 17.1 Å². The van der Waals surface area contributed by atoms with Gasteiger partial charge in [0.15, 0.2) is 0 Å². The molecule has 0 saturated carbocycles. The molecule has 5 nitrogen and oxygen atoms in total. The zero-order chi connectivity index (χ0) is 19.3. The third-order valence-corrected chi connectivity index (χ3v) is 5.93. The van der Waals surface area contributed by atoms with Crippen molar-refractivity contribution < 1.29 is 13.9 Å². The molecule has 1 amide bonds. The number of benzene rings is 1. The lowest BCUT2D eigenvalue weighted by Crippen LogP contribution is -2.44. The highest BCUT2D eigenvalue weighted by Gasteiger charge is 2.41.